The Balaban J connectivity index is 2.28. The number of benzene rings is 1. The molecule has 0 aliphatic heterocycles. The molecule has 0 radical (unpaired) electrons. The van der Waals surface area contributed by atoms with Crippen molar-refractivity contribution in [2.75, 3.05) is 4.72 Å². The molecule has 21 heavy (non-hydrogen) atoms. The van der Waals surface area contributed by atoms with Gasteiger partial charge in [-0.1, -0.05) is 22.0 Å². The Labute approximate surface area is 129 Å². The topological polar surface area (TPSA) is 101 Å². The van der Waals surface area contributed by atoms with Crippen LogP contribution in [0.2, 0.25) is 0 Å². The second kappa shape index (κ2) is 5.86. The molecule has 0 saturated carbocycles. The summed E-state index contributed by atoms with van der Waals surface area (Å²) in [6.07, 6.45) is 2.28. The van der Waals surface area contributed by atoms with Crippen LogP contribution in [0.1, 0.15) is 5.56 Å². The maximum absolute atomic E-state index is 12.2. The first-order chi connectivity index (χ1) is 9.79. The van der Waals surface area contributed by atoms with Gasteiger partial charge >= 0.3 is 5.97 Å². The molecular weight excluding hydrogens is 362 g/mol. The molecule has 2 N–H and O–H groups in total. The Kier molecular flexibility index (Phi) is 4.33. The zero-order valence-electron chi connectivity index (χ0n) is 10.9. The highest BCUT2D eigenvalue weighted by atomic mass is 79.9. The lowest BCUT2D eigenvalue weighted by atomic mass is 10.2. The number of halogens is 1. The molecule has 9 heteroatoms. The van der Waals surface area contributed by atoms with Gasteiger partial charge in [-0.2, -0.15) is 5.10 Å². The Morgan fingerprint density at radius 3 is 2.86 bits per heavy atom. The summed E-state index contributed by atoms with van der Waals surface area (Å²) in [5, 5.41) is 12.4. The van der Waals surface area contributed by atoms with Gasteiger partial charge in [0.15, 0.2) is 0 Å². The molecule has 0 spiro atoms. The molecule has 1 aromatic heterocycles. The lowest BCUT2D eigenvalue weighted by Gasteiger charge is -2.10. The summed E-state index contributed by atoms with van der Waals surface area (Å²) < 4.78 is 28.8. The first kappa shape index (κ1) is 15.5. The number of carboxylic acid groups (broad SMARTS) is 1. The molecule has 1 heterocycles. The van der Waals surface area contributed by atoms with Gasteiger partial charge in [0.1, 0.15) is 11.4 Å². The number of carbonyl (C=O) groups is 1. The van der Waals surface area contributed by atoms with Crippen molar-refractivity contribution < 1.29 is 18.3 Å². The minimum atomic E-state index is -3.81. The fourth-order valence-corrected chi connectivity index (χ4v) is 3.07. The van der Waals surface area contributed by atoms with Crippen molar-refractivity contribution in [3.63, 3.8) is 0 Å². The van der Waals surface area contributed by atoms with Crippen molar-refractivity contribution in [1.82, 2.24) is 9.78 Å². The van der Waals surface area contributed by atoms with E-state index in [4.69, 9.17) is 5.11 Å². The molecule has 0 unspecified atom stereocenters. The lowest BCUT2D eigenvalue weighted by Crippen LogP contribution is -2.13. The Bertz CT molecular complexity index is 786. The predicted octanol–water partition coefficient (Wildman–Crippen LogP) is 1.84. The van der Waals surface area contributed by atoms with E-state index in [0.717, 1.165) is 20.9 Å². The van der Waals surface area contributed by atoms with Crippen LogP contribution in [0.15, 0.2) is 40.0 Å². The number of anilines is 1. The van der Waals surface area contributed by atoms with Crippen LogP contribution in [0.25, 0.3) is 0 Å². The van der Waals surface area contributed by atoms with Gasteiger partial charge in [-0.25, -0.2) is 8.42 Å². The molecule has 0 amide bonds. The maximum atomic E-state index is 12.2. The molecular formula is C12H12BrN3O4S. The minimum absolute atomic E-state index is 0.0943. The molecule has 0 aliphatic carbocycles. The van der Waals surface area contributed by atoms with Gasteiger partial charge in [0, 0.05) is 10.7 Å². The fraction of sp³-hybridized carbons (Fsp3) is 0.167. The fourth-order valence-electron chi connectivity index (χ4n) is 1.63. The summed E-state index contributed by atoms with van der Waals surface area (Å²) in [7, 11) is -3.81. The van der Waals surface area contributed by atoms with Crippen LogP contribution < -0.4 is 4.72 Å². The van der Waals surface area contributed by atoms with E-state index >= 15 is 0 Å². The molecule has 0 saturated heterocycles. The Morgan fingerprint density at radius 1 is 1.48 bits per heavy atom. The zero-order valence-corrected chi connectivity index (χ0v) is 13.3. The van der Waals surface area contributed by atoms with Crippen LogP contribution in [0.4, 0.5) is 5.69 Å². The number of carboxylic acids is 1. The monoisotopic (exact) mass is 373 g/mol. The van der Waals surface area contributed by atoms with E-state index in [1.807, 2.05) is 0 Å². The summed E-state index contributed by atoms with van der Waals surface area (Å²) in [5.41, 5.74) is 1.19. The largest absolute Gasteiger partial charge is 0.480 e. The third kappa shape index (κ3) is 3.61. The SMILES string of the molecule is Cc1c(Br)cccc1NS(=O)(=O)c1cnn(CC(=O)O)c1. The number of sulfonamides is 1. The molecule has 1 aromatic carbocycles. The second-order valence-electron chi connectivity index (χ2n) is 4.29. The van der Waals surface area contributed by atoms with E-state index in [9.17, 15) is 13.2 Å². The summed E-state index contributed by atoms with van der Waals surface area (Å²) in [6, 6.07) is 5.15. The van der Waals surface area contributed by atoms with Crippen LogP contribution in [0.3, 0.4) is 0 Å². The van der Waals surface area contributed by atoms with Crippen LogP contribution in [0, 0.1) is 6.92 Å². The first-order valence-electron chi connectivity index (χ1n) is 5.82. The third-order valence-electron chi connectivity index (χ3n) is 2.73. The molecule has 0 bridgehead atoms. The average molecular weight is 374 g/mol. The number of aliphatic carboxylic acids is 1. The average Bonchev–Trinajstić information content (AvgIpc) is 2.83. The molecule has 2 aromatic rings. The van der Waals surface area contributed by atoms with Crippen molar-refractivity contribution in [3.8, 4) is 0 Å². The molecule has 0 atom stereocenters. The smallest absolute Gasteiger partial charge is 0.325 e. The van der Waals surface area contributed by atoms with Crippen molar-refractivity contribution in [1.29, 1.82) is 0 Å². The molecule has 0 fully saturated rings. The molecule has 2 rings (SSSR count). The number of hydrogen-bond donors (Lipinski definition) is 2. The van der Waals surface area contributed by atoms with E-state index < -0.39 is 22.5 Å². The zero-order chi connectivity index (χ0) is 15.6. The normalized spacial score (nSPS) is 11.3. The quantitative estimate of drug-likeness (QED) is 0.832. The van der Waals surface area contributed by atoms with Gasteiger partial charge in [-0.15, -0.1) is 0 Å². The number of nitrogens with zero attached hydrogens (tertiary/aromatic N) is 2. The summed E-state index contributed by atoms with van der Waals surface area (Å²) in [6.45, 7) is 1.38. The number of rotatable bonds is 5. The predicted molar refractivity (Wildman–Crippen MR) is 79.6 cm³/mol. The highest BCUT2D eigenvalue weighted by molar-refractivity contribution is 9.10. The van der Waals surface area contributed by atoms with Crippen molar-refractivity contribution in [3.05, 3.63) is 40.6 Å². The van der Waals surface area contributed by atoms with Crippen molar-refractivity contribution in [2.45, 2.75) is 18.4 Å². The summed E-state index contributed by atoms with van der Waals surface area (Å²) >= 11 is 3.32. The number of nitrogens with one attached hydrogen (secondary N) is 1. The van der Waals surface area contributed by atoms with Crippen LogP contribution in [-0.2, 0) is 21.4 Å². The molecule has 0 aliphatic rings. The van der Waals surface area contributed by atoms with Crippen LogP contribution >= 0.6 is 15.9 Å². The van der Waals surface area contributed by atoms with Crippen molar-refractivity contribution >= 4 is 37.6 Å². The van der Waals surface area contributed by atoms with Gasteiger partial charge in [0.05, 0.1) is 11.9 Å². The third-order valence-corrected chi connectivity index (χ3v) is 4.91. The molecule has 112 valence electrons. The van der Waals surface area contributed by atoms with E-state index in [1.165, 1.54) is 6.20 Å². The van der Waals surface area contributed by atoms with Gasteiger partial charge < -0.3 is 5.11 Å². The number of hydrogen-bond acceptors (Lipinski definition) is 4. The van der Waals surface area contributed by atoms with Crippen LogP contribution in [0.5, 0.6) is 0 Å². The lowest BCUT2D eigenvalue weighted by molar-refractivity contribution is -0.137. The van der Waals surface area contributed by atoms with Gasteiger partial charge in [-0.05, 0) is 24.6 Å². The van der Waals surface area contributed by atoms with Crippen molar-refractivity contribution in [2.24, 2.45) is 0 Å². The minimum Gasteiger partial charge on any atom is -0.480 e. The summed E-state index contributed by atoms with van der Waals surface area (Å²) in [4.78, 5) is 10.5. The maximum Gasteiger partial charge on any atom is 0.325 e. The standard InChI is InChI=1S/C12H12BrN3O4S/c1-8-10(13)3-2-4-11(8)15-21(19,20)9-5-14-16(6-9)7-12(17)18/h2-6,15H,7H2,1H3,(H,17,18). The Hall–Kier alpha value is -1.87. The molecule has 7 nitrogen and oxygen atoms in total. The highest BCUT2D eigenvalue weighted by Gasteiger charge is 2.18. The first-order valence-corrected chi connectivity index (χ1v) is 8.09. The highest BCUT2D eigenvalue weighted by Crippen LogP contribution is 2.25. The summed E-state index contributed by atoms with van der Waals surface area (Å²) in [5.74, 6) is -1.10. The van der Waals surface area contributed by atoms with Gasteiger partial charge in [0.2, 0.25) is 0 Å². The Morgan fingerprint density at radius 2 is 2.19 bits per heavy atom. The van der Waals surface area contributed by atoms with E-state index in [-0.39, 0.29) is 4.90 Å². The van der Waals surface area contributed by atoms with E-state index in [2.05, 4.69) is 25.8 Å². The van der Waals surface area contributed by atoms with Gasteiger partial charge in [0.25, 0.3) is 10.0 Å². The van der Waals surface area contributed by atoms with E-state index in [0.29, 0.717) is 5.69 Å². The van der Waals surface area contributed by atoms with Crippen LogP contribution in [-0.4, -0.2) is 29.3 Å². The van der Waals surface area contributed by atoms with E-state index in [1.54, 1.807) is 25.1 Å². The number of aromatic nitrogens is 2. The second-order valence-corrected chi connectivity index (χ2v) is 6.82. The van der Waals surface area contributed by atoms with Gasteiger partial charge in [-0.3, -0.25) is 14.2 Å².